The summed E-state index contributed by atoms with van der Waals surface area (Å²) in [5.41, 5.74) is 5.58. The Kier molecular flexibility index (Phi) is 5.96. The van der Waals surface area contributed by atoms with Gasteiger partial charge < -0.3 is 10.6 Å². The van der Waals surface area contributed by atoms with Crippen LogP contribution < -0.4 is 5.73 Å². The van der Waals surface area contributed by atoms with Gasteiger partial charge in [-0.1, -0.05) is 33.1 Å². The summed E-state index contributed by atoms with van der Waals surface area (Å²) in [6.07, 6.45) is 7.79. The zero-order valence-corrected chi connectivity index (χ0v) is 11.5. The van der Waals surface area contributed by atoms with Crippen molar-refractivity contribution in [2.75, 3.05) is 19.6 Å². The van der Waals surface area contributed by atoms with Crippen molar-refractivity contribution >= 4 is 5.91 Å². The second-order valence-corrected chi connectivity index (χ2v) is 5.28. The van der Waals surface area contributed by atoms with E-state index in [0.29, 0.717) is 12.5 Å². The van der Waals surface area contributed by atoms with Gasteiger partial charge in [0.15, 0.2) is 0 Å². The summed E-state index contributed by atoms with van der Waals surface area (Å²) in [7, 11) is 0. The lowest BCUT2D eigenvalue weighted by atomic mass is 9.82. The lowest BCUT2D eigenvalue weighted by Crippen LogP contribution is -2.45. The largest absolute Gasteiger partial charge is 0.341 e. The molecule has 2 N–H and O–H groups in total. The Bertz CT molecular complexity index is 234. The standard InChI is InChI=1S/C14H28N2O/c1-3-5-11-16(12-10-15)13(17)14(4-2)8-6-7-9-14/h3-12,15H2,1-2H3. The molecule has 3 heteroatoms. The number of hydrogen-bond donors (Lipinski definition) is 1. The van der Waals surface area contributed by atoms with Crippen LogP contribution in [0.15, 0.2) is 0 Å². The van der Waals surface area contributed by atoms with Gasteiger partial charge in [-0.15, -0.1) is 0 Å². The second-order valence-electron chi connectivity index (χ2n) is 5.28. The Balaban J connectivity index is 2.67. The van der Waals surface area contributed by atoms with Crippen LogP contribution in [0.1, 0.15) is 58.8 Å². The number of nitrogens with two attached hydrogens (primary N) is 1. The van der Waals surface area contributed by atoms with Gasteiger partial charge in [-0.25, -0.2) is 0 Å². The monoisotopic (exact) mass is 240 g/mol. The number of hydrogen-bond acceptors (Lipinski definition) is 2. The van der Waals surface area contributed by atoms with Crippen LogP contribution in [0.2, 0.25) is 0 Å². The molecule has 0 atom stereocenters. The molecule has 0 aromatic heterocycles. The smallest absolute Gasteiger partial charge is 0.228 e. The first-order valence-corrected chi connectivity index (χ1v) is 7.19. The van der Waals surface area contributed by atoms with Crippen molar-refractivity contribution in [3.05, 3.63) is 0 Å². The van der Waals surface area contributed by atoms with Crippen LogP contribution >= 0.6 is 0 Å². The molecule has 17 heavy (non-hydrogen) atoms. The van der Waals surface area contributed by atoms with Gasteiger partial charge in [-0.2, -0.15) is 0 Å². The van der Waals surface area contributed by atoms with Crippen LogP contribution in [0.4, 0.5) is 0 Å². The van der Waals surface area contributed by atoms with Crippen LogP contribution in [0.5, 0.6) is 0 Å². The highest BCUT2D eigenvalue weighted by Gasteiger charge is 2.41. The Morgan fingerprint density at radius 2 is 1.88 bits per heavy atom. The van der Waals surface area contributed by atoms with Crippen molar-refractivity contribution in [2.45, 2.75) is 58.8 Å². The van der Waals surface area contributed by atoms with Crippen LogP contribution in [-0.2, 0) is 4.79 Å². The van der Waals surface area contributed by atoms with E-state index in [1.807, 2.05) is 4.90 Å². The number of carbonyl (C=O) groups is 1. The molecule has 0 spiro atoms. The predicted molar refractivity (Wildman–Crippen MR) is 71.7 cm³/mol. The minimum atomic E-state index is -0.0527. The number of rotatable bonds is 7. The summed E-state index contributed by atoms with van der Waals surface area (Å²) < 4.78 is 0. The average Bonchev–Trinajstić information content (AvgIpc) is 2.83. The van der Waals surface area contributed by atoms with Gasteiger partial charge in [0.25, 0.3) is 0 Å². The van der Waals surface area contributed by atoms with Crippen LogP contribution in [0.25, 0.3) is 0 Å². The molecule has 3 nitrogen and oxygen atoms in total. The first-order chi connectivity index (χ1) is 8.20. The predicted octanol–water partition coefficient (Wildman–Crippen LogP) is 2.54. The first kappa shape index (κ1) is 14.5. The van der Waals surface area contributed by atoms with Crippen LogP contribution in [0, 0.1) is 5.41 Å². The van der Waals surface area contributed by atoms with Crippen molar-refractivity contribution in [3.63, 3.8) is 0 Å². The molecule has 0 heterocycles. The minimum absolute atomic E-state index is 0.0527. The summed E-state index contributed by atoms with van der Waals surface area (Å²) in [6, 6.07) is 0. The molecule has 1 fully saturated rings. The highest BCUT2D eigenvalue weighted by molar-refractivity contribution is 5.83. The van der Waals surface area contributed by atoms with E-state index in [0.717, 1.165) is 45.2 Å². The van der Waals surface area contributed by atoms with E-state index >= 15 is 0 Å². The van der Waals surface area contributed by atoms with E-state index < -0.39 is 0 Å². The molecule has 0 unspecified atom stereocenters. The molecule has 0 aliphatic heterocycles. The van der Waals surface area contributed by atoms with Gasteiger partial charge in [0.1, 0.15) is 0 Å². The number of nitrogens with zero attached hydrogens (tertiary/aromatic N) is 1. The Labute approximate surface area is 106 Å². The fourth-order valence-corrected chi connectivity index (χ4v) is 2.93. The lowest BCUT2D eigenvalue weighted by molar-refractivity contribution is -0.142. The van der Waals surface area contributed by atoms with E-state index in [1.54, 1.807) is 0 Å². The van der Waals surface area contributed by atoms with Crippen molar-refractivity contribution in [1.82, 2.24) is 4.90 Å². The number of carbonyl (C=O) groups excluding carboxylic acids is 1. The van der Waals surface area contributed by atoms with Gasteiger partial charge in [-0.05, 0) is 25.7 Å². The average molecular weight is 240 g/mol. The summed E-state index contributed by atoms with van der Waals surface area (Å²) in [5.74, 6) is 0.372. The third-order valence-corrected chi connectivity index (χ3v) is 4.16. The van der Waals surface area contributed by atoms with Gasteiger partial charge in [0, 0.05) is 25.0 Å². The summed E-state index contributed by atoms with van der Waals surface area (Å²) in [4.78, 5) is 14.7. The molecule has 0 aromatic carbocycles. The summed E-state index contributed by atoms with van der Waals surface area (Å²) >= 11 is 0. The maximum absolute atomic E-state index is 12.7. The van der Waals surface area contributed by atoms with Gasteiger partial charge in [0.2, 0.25) is 5.91 Å². The zero-order chi connectivity index (χ0) is 12.7. The van der Waals surface area contributed by atoms with Crippen LogP contribution in [-0.4, -0.2) is 30.4 Å². The molecule has 1 rings (SSSR count). The van der Waals surface area contributed by atoms with E-state index in [2.05, 4.69) is 13.8 Å². The fourth-order valence-electron chi connectivity index (χ4n) is 2.93. The molecule has 1 aliphatic rings. The van der Waals surface area contributed by atoms with Crippen molar-refractivity contribution in [3.8, 4) is 0 Å². The normalized spacial score (nSPS) is 18.3. The van der Waals surface area contributed by atoms with Gasteiger partial charge in [0.05, 0.1) is 0 Å². The highest BCUT2D eigenvalue weighted by atomic mass is 16.2. The second kappa shape index (κ2) is 7.00. The molecule has 1 aliphatic carbocycles. The molecule has 0 aromatic rings. The Hall–Kier alpha value is -0.570. The maximum Gasteiger partial charge on any atom is 0.228 e. The Morgan fingerprint density at radius 3 is 2.35 bits per heavy atom. The first-order valence-electron chi connectivity index (χ1n) is 7.19. The molecule has 0 radical (unpaired) electrons. The van der Waals surface area contributed by atoms with Crippen LogP contribution in [0.3, 0.4) is 0 Å². The minimum Gasteiger partial charge on any atom is -0.341 e. The van der Waals surface area contributed by atoms with Crippen molar-refractivity contribution in [2.24, 2.45) is 11.1 Å². The van der Waals surface area contributed by atoms with E-state index in [9.17, 15) is 4.79 Å². The molecule has 1 amide bonds. The third kappa shape index (κ3) is 3.44. The number of amides is 1. The third-order valence-electron chi connectivity index (χ3n) is 4.16. The van der Waals surface area contributed by atoms with Gasteiger partial charge in [-0.3, -0.25) is 4.79 Å². The maximum atomic E-state index is 12.7. The summed E-state index contributed by atoms with van der Waals surface area (Å²) in [6.45, 7) is 6.50. The lowest BCUT2D eigenvalue weighted by Gasteiger charge is -2.33. The molecule has 0 bridgehead atoms. The molecule has 1 saturated carbocycles. The number of unbranched alkanes of at least 4 members (excludes halogenated alkanes) is 1. The fraction of sp³-hybridized carbons (Fsp3) is 0.929. The molecular weight excluding hydrogens is 212 g/mol. The zero-order valence-electron chi connectivity index (χ0n) is 11.5. The van der Waals surface area contributed by atoms with Gasteiger partial charge >= 0.3 is 0 Å². The van der Waals surface area contributed by atoms with E-state index in [-0.39, 0.29) is 5.41 Å². The van der Waals surface area contributed by atoms with E-state index in [4.69, 9.17) is 5.73 Å². The summed E-state index contributed by atoms with van der Waals surface area (Å²) in [5, 5.41) is 0. The van der Waals surface area contributed by atoms with Crippen molar-refractivity contribution in [1.29, 1.82) is 0 Å². The molecular formula is C14H28N2O. The van der Waals surface area contributed by atoms with Crippen molar-refractivity contribution < 1.29 is 4.79 Å². The molecule has 100 valence electrons. The SMILES string of the molecule is CCCCN(CCN)C(=O)C1(CC)CCCC1. The molecule has 0 saturated heterocycles. The topological polar surface area (TPSA) is 46.3 Å². The van der Waals surface area contributed by atoms with E-state index in [1.165, 1.54) is 12.8 Å². The highest BCUT2D eigenvalue weighted by Crippen LogP contribution is 2.42. The Morgan fingerprint density at radius 1 is 1.24 bits per heavy atom. The quantitative estimate of drug-likeness (QED) is 0.743.